The molecule has 1 amide bonds. The Balaban J connectivity index is 1.51. The standard InChI is InChI=1S/C23H28Cl2N2O3/c1-29-21-9-8-16(13-22(21)30-2)10-11-26-23(28)17-5-4-12-27(14-17)15-18-19(24)6-3-7-20(18)25/h3,6-9,13,17H,4-5,10-12,14-15H2,1-2H3,(H,26,28)/t17-/m0/s1. The van der Waals surface area contributed by atoms with Crippen molar-refractivity contribution in [2.45, 2.75) is 25.8 Å². The molecule has 1 heterocycles. The number of hydrogen-bond donors (Lipinski definition) is 1. The van der Waals surface area contributed by atoms with Gasteiger partial charge in [0.1, 0.15) is 0 Å². The number of piperidine rings is 1. The predicted octanol–water partition coefficient (Wildman–Crippen LogP) is 4.58. The molecule has 2 aromatic rings. The maximum Gasteiger partial charge on any atom is 0.224 e. The van der Waals surface area contributed by atoms with Crippen LogP contribution in [0.2, 0.25) is 10.0 Å². The molecule has 162 valence electrons. The molecule has 0 saturated carbocycles. The molecule has 0 radical (unpaired) electrons. The quantitative estimate of drug-likeness (QED) is 0.639. The van der Waals surface area contributed by atoms with Gasteiger partial charge in [-0.2, -0.15) is 0 Å². The highest BCUT2D eigenvalue weighted by atomic mass is 35.5. The molecule has 1 saturated heterocycles. The summed E-state index contributed by atoms with van der Waals surface area (Å²) in [6, 6.07) is 11.4. The maximum atomic E-state index is 12.7. The SMILES string of the molecule is COc1ccc(CCNC(=O)[C@H]2CCCN(Cc3c(Cl)cccc3Cl)C2)cc1OC. The largest absolute Gasteiger partial charge is 0.493 e. The number of hydrogen-bond acceptors (Lipinski definition) is 4. The first-order valence-electron chi connectivity index (χ1n) is 10.2. The number of nitrogens with zero attached hydrogens (tertiary/aromatic N) is 1. The summed E-state index contributed by atoms with van der Waals surface area (Å²) in [5.74, 6) is 1.48. The normalized spacial score (nSPS) is 16.9. The molecule has 3 rings (SSSR count). The number of ether oxygens (including phenoxy) is 2. The van der Waals surface area contributed by atoms with Gasteiger partial charge in [-0.1, -0.05) is 35.3 Å². The summed E-state index contributed by atoms with van der Waals surface area (Å²) in [7, 11) is 3.24. The highest BCUT2D eigenvalue weighted by Gasteiger charge is 2.26. The van der Waals surface area contributed by atoms with Crippen LogP contribution in [0.3, 0.4) is 0 Å². The first-order valence-corrected chi connectivity index (χ1v) is 10.9. The lowest BCUT2D eigenvalue weighted by atomic mass is 9.96. The number of likely N-dealkylation sites (tertiary alicyclic amines) is 1. The van der Waals surface area contributed by atoms with Crippen LogP contribution in [-0.4, -0.2) is 44.7 Å². The summed E-state index contributed by atoms with van der Waals surface area (Å²) in [6.07, 6.45) is 2.61. The second-order valence-electron chi connectivity index (χ2n) is 7.50. The zero-order valence-corrected chi connectivity index (χ0v) is 18.9. The van der Waals surface area contributed by atoms with E-state index in [0.717, 1.165) is 36.9 Å². The Kier molecular flexibility index (Phi) is 8.25. The van der Waals surface area contributed by atoms with Gasteiger partial charge in [-0.15, -0.1) is 0 Å². The average molecular weight is 451 g/mol. The van der Waals surface area contributed by atoms with Crippen molar-refractivity contribution >= 4 is 29.1 Å². The van der Waals surface area contributed by atoms with Gasteiger partial charge in [0.15, 0.2) is 11.5 Å². The summed E-state index contributed by atoms with van der Waals surface area (Å²) in [5, 5.41) is 4.43. The Morgan fingerprint density at radius 3 is 2.57 bits per heavy atom. The lowest BCUT2D eigenvalue weighted by Gasteiger charge is -2.32. The van der Waals surface area contributed by atoms with Crippen molar-refractivity contribution in [1.82, 2.24) is 10.2 Å². The number of carbonyl (C=O) groups excluding carboxylic acids is 1. The topological polar surface area (TPSA) is 50.8 Å². The number of rotatable bonds is 8. The minimum absolute atomic E-state index is 0.0228. The number of benzene rings is 2. The molecule has 0 spiro atoms. The van der Waals surface area contributed by atoms with Gasteiger partial charge in [-0.3, -0.25) is 9.69 Å². The van der Waals surface area contributed by atoms with Crippen LogP contribution in [0.15, 0.2) is 36.4 Å². The summed E-state index contributed by atoms with van der Waals surface area (Å²) in [6.45, 7) is 2.90. The van der Waals surface area contributed by atoms with Gasteiger partial charge < -0.3 is 14.8 Å². The molecule has 5 nitrogen and oxygen atoms in total. The van der Waals surface area contributed by atoms with Gasteiger partial charge in [0.05, 0.1) is 20.1 Å². The molecule has 30 heavy (non-hydrogen) atoms. The molecule has 2 aromatic carbocycles. The molecular formula is C23H28Cl2N2O3. The highest BCUT2D eigenvalue weighted by molar-refractivity contribution is 6.35. The summed E-state index contributed by atoms with van der Waals surface area (Å²) in [5.41, 5.74) is 2.02. The summed E-state index contributed by atoms with van der Waals surface area (Å²) >= 11 is 12.6. The molecule has 0 aromatic heterocycles. The van der Waals surface area contributed by atoms with Crippen LogP contribution in [0.1, 0.15) is 24.0 Å². The van der Waals surface area contributed by atoms with E-state index >= 15 is 0 Å². The number of halogens is 2. The fourth-order valence-corrected chi connectivity index (χ4v) is 4.35. The molecule has 7 heteroatoms. The lowest BCUT2D eigenvalue weighted by Crippen LogP contribution is -2.43. The van der Waals surface area contributed by atoms with Crippen LogP contribution >= 0.6 is 23.2 Å². The number of carbonyl (C=O) groups is 1. The minimum atomic E-state index is -0.0228. The Bertz CT molecular complexity index is 855. The average Bonchev–Trinajstić information content (AvgIpc) is 2.76. The Hall–Kier alpha value is -1.95. The Morgan fingerprint density at radius 2 is 1.87 bits per heavy atom. The van der Waals surface area contributed by atoms with E-state index in [0.29, 0.717) is 41.2 Å². The van der Waals surface area contributed by atoms with E-state index in [9.17, 15) is 4.79 Å². The second-order valence-corrected chi connectivity index (χ2v) is 8.32. The second kappa shape index (κ2) is 10.9. The van der Waals surface area contributed by atoms with E-state index in [2.05, 4.69) is 10.2 Å². The summed E-state index contributed by atoms with van der Waals surface area (Å²) in [4.78, 5) is 15.0. The third-order valence-corrected chi connectivity index (χ3v) is 6.19. The molecule has 1 atom stereocenters. The number of amides is 1. The van der Waals surface area contributed by atoms with Gasteiger partial charge in [0.25, 0.3) is 0 Å². The van der Waals surface area contributed by atoms with Crippen molar-refractivity contribution in [2.24, 2.45) is 5.92 Å². The predicted molar refractivity (Wildman–Crippen MR) is 121 cm³/mol. The minimum Gasteiger partial charge on any atom is -0.493 e. The molecule has 0 aliphatic carbocycles. The van der Waals surface area contributed by atoms with Crippen molar-refractivity contribution < 1.29 is 14.3 Å². The fourth-order valence-electron chi connectivity index (χ4n) is 3.83. The number of methoxy groups -OCH3 is 2. The Morgan fingerprint density at radius 1 is 1.13 bits per heavy atom. The first kappa shape index (κ1) is 22.7. The third kappa shape index (κ3) is 5.81. The van der Waals surface area contributed by atoms with Crippen molar-refractivity contribution in [2.75, 3.05) is 33.9 Å². The van der Waals surface area contributed by atoms with E-state index in [-0.39, 0.29) is 11.8 Å². The van der Waals surface area contributed by atoms with E-state index in [1.165, 1.54) is 0 Å². The maximum absolute atomic E-state index is 12.7. The van der Waals surface area contributed by atoms with E-state index in [4.69, 9.17) is 32.7 Å². The van der Waals surface area contributed by atoms with Crippen LogP contribution in [0.4, 0.5) is 0 Å². The van der Waals surface area contributed by atoms with Crippen molar-refractivity contribution in [3.63, 3.8) is 0 Å². The molecule has 1 aliphatic rings. The van der Waals surface area contributed by atoms with Gasteiger partial charge >= 0.3 is 0 Å². The highest BCUT2D eigenvalue weighted by Crippen LogP contribution is 2.29. The molecule has 1 aliphatic heterocycles. The zero-order chi connectivity index (χ0) is 21.5. The van der Waals surface area contributed by atoms with Gasteiger partial charge in [0, 0.05) is 35.2 Å². The van der Waals surface area contributed by atoms with Crippen LogP contribution in [-0.2, 0) is 17.8 Å². The molecule has 0 bridgehead atoms. The molecule has 1 fully saturated rings. The van der Waals surface area contributed by atoms with Crippen molar-refractivity contribution in [3.05, 3.63) is 57.6 Å². The lowest BCUT2D eigenvalue weighted by molar-refractivity contribution is -0.126. The van der Waals surface area contributed by atoms with Crippen LogP contribution in [0.25, 0.3) is 0 Å². The van der Waals surface area contributed by atoms with Gasteiger partial charge in [0.2, 0.25) is 5.91 Å². The molecular weight excluding hydrogens is 423 g/mol. The molecule has 1 N–H and O–H groups in total. The van der Waals surface area contributed by atoms with Crippen LogP contribution < -0.4 is 14.8 Å². The Labute approximate surface area is 188 Å². The van der Waals surface area contributed by atoms with Gasteiger partial charge in [-0.05, 0) is 55.6 Å². The van der Waals surface area contributed by atoms with Crippen LogP contribution in [0.5, 0.6) is 11.5 Å². The van der Waals surface area contributed by atoms with E-state index in [1.807, 2.05) is 36.4 Å². The summed E-state index contributed by atoms with van der Waals surface area (Å²) < 4.78 is 10.6. The fraction of sp³-hybridized carbons (Fsp3) is 0.435. The van der Waals surface area contributed by atoms with Crippen molar-refractivity contribution in [1.29, 1.82) is 0 Å². The van der Waals surface area contributed by atoms with Crippen molar-refractivity contribution in [3.8, 4) is 11.5 Å². The monoisotopic (exact) mass is 450 g/mol. The zero-order valence-electron chi connectivity index (χ0n) is 17.4. The number of nitrogens with one attached hydrogen (secondary N) is 1. The molecule has 0 unspecified atom stereocenters. The first-order chi connectivity index (χ1) is 14.5. The smallest absolute Gasteiger partial charge is 0.224 e. The van der Waals surface area contributed by atoms with Crippen LogP contribution in [0, 0.1) is 5.92 Å². The third-order valence-electron chi connectivity index (χ3n) is 5.48. The van der Waals surface area contributed by atoms with Gasteiger partial charge in [-0.25, -0.2) is 0 Å². The van der Waals surface area contributed by atoms with E-state index < -0.39 is 0 Å². The van der Waals surface area contributed by atoms with E-state index in [1.54, 1.807) is 14.2 Å².